The average molecular weight is 431 g/mol. The smallest absolute Gasteiger partial charge is 0.408 e. The van der Waals surface area contributed by atoms with Crippen LogP contribution in [0.2, 0.25) is 0 Å². The first kappa shape index (κ1) is 23.1. The van der Waals surface area contributed by atoms with Gasteiger partial charge in [-0.05, 0) is 48.0 Å². The van der Waals surface area contributed by atoms with Gasteiger partial charge in [-0.2, -0.15) is 4.31 Å². The first-order chi connectivity index (χ1) is 13.3. The van der Waals surface area contributed by atoms with Crippen LogP contribution in [-0.2, 0) is 19.6 Å². The Hall–Kier alpha value is -2.14. The number of nitrogens with one attached hydrogen (secondary N) is 1. The molecule has 1 aromatic rings. The van der Waals surface area contributed by atoms with Gasteiger partial charge in [0.1, 0.15) is 22.2 Å². The highest BCUT2D eigenvalue weighted by molar-refractivity contribution is 7.89. The summed E-state index contributed by atoms with van der Waals surface area (Å²) < 4.78 is 37.5. The Morgan fingerprint density at radius 1 is 1.17 bits per heavy atom. The van der Waals surface area contributed by atoms with Gasteiger partial charge in [0.15, 0.2) is 5.76 Å². The van der Waals surface area contributed by atoms with Gasteiger partial charge in [-0.1, -0.05) is 5.16 Å². The van der Waals surface area contributed by atoms with Gasteiger partial charge >= 0.3 is 6.09 Å². The van der Waals surface area contributed by atoms with Crippen LogP contribution in [0.4, 0.5) is 4.79 Å². The molecular formula is C18H30N4O6S. The quantitative estimate of drug-likeness (QED) is 0.766. The van der Waals surface area contributed by atoms with Crippen molar-refractivity contribution < 1.29 is 27.3 Å². The van der Waals surface area contributed by atoms with E-state index in [1.807, 2.05) is 0 Å². The molecule has 0 radical (unpaired) electrons. The second-order valence-corrected chi connectivity index (χ2v) is 9.98. The zero-order valence-corrected chi connectivity index (χ0v) is 18.6. The Morgan fingerprint density at radius 3 is 2.38 bits per heavy atom. The van der Waals surface area contributed by atoms with Gasteiger partial charge in [-0.15, -0.1) is 0 Å². The first-order valence-electron chi connectivity index (χ1n) is 9.54. The molecule has 11 heteroatoms. The van der Waals surface area contributed by atoms with E-state index in [4.69, 9.17) is 9.26 Å². The summed E-state index contributed by atoms with van der Waals surface area (Å²) in [6, 6.07) is -0.782. The number of nitrogens with zero attached hydrogens (tertiary/aromatic N) is 3. The molecule has 0 unspecified atom stereocenters. The number of sulfonamides is 1. The first-order valence-corrected chi connectivity index (χ1v) is 11.0. The molecule has 1 aliphatic heterocycles. The molecule has 1 N–H and O–H groups in total. The molecular weight excluding hydrogens is 400 g/mol. The molecule has 1 fully saturated rings. The minimum atomic E-state index is -3.76. The molecule has 1 saturated heterocycles. The van der Waals surface area contributed by atoms with E-state index in [0.29, 0.717) is 18.7 Å². The molecule has 1 aliphatic rings. The molecule has 2 rings (SSSR count). The summed E-state index contributed by atoms with van der Waals surface area (Å²) in [6.07, 6.45) is -0.191. The van der Waals surface area contributed by atoms with Gasteiger partial charge < -0.3 is 19.5 Å². The lowest BCUT2D eigenvalue weighted by atomic mass is 10.2. The van der Waals surface area contributed by atoms with Gasteiger partial charge in [0.2, 0.25) is 15.9 Å². The van der Waals surface area contributed by atoms with E-state index in [0.717, 1.165) is 0 Å². The van der Waals surface area contributed by atoms with E-state index in [2.05, 4.69) is 10.5 Å². The zero-order chi connectivity index (χ0) is 22.0. The number of carbonyl (C=O) groups excluding carboxylic acids is 2. The van der Waals surface area contributed by atoms with E-state index < -0.39 is 27.8 Å². The highest BCUT2D eigenvalue weighted by Gasteiger charge is 2.33. The van der Waals surface area contributed by atoms with E-state index in [1.165, 1.54) is 4.31 Å². The van der Waals surface area contributed by atoms with Crippen molar-refractivity contribution in [2.24, 2.45) is 0 Å². The second kappa shape index (κ2) is 8.70. The van der Waals surface area contributed by atoms with Crippen molar-refractivity contribution in [3.8, 4) is 0 Å². The summed E-state index contributed by atoms with van der Waals surface area (Å²) in [5.74, 6) is -0.0395. The van der Waals surface area contributed by atoms with Crippen LogP contribution < -0.4 is 5.32 Å². The molecule has 1 atom stereocenters. The fourth-order valence-corrected chi connectivity index (χ4v) is 4.91. The van der Waals surface area contributed by atoms with Gasteiger partial charge in [-0.25, -0.2) is 13.2 Å². The topological polar surface area (TPSA) is 122 Å². The van der Waals surface area contributed by atoms with Crippen LogP contribution in [0.1, 0.15) is 45.6 Å². The Kier molecular flexibility index (Phi) is 6.94. The molecule has 2 amide bonds. The minimum Gasteiger partial charge on any atom is -0.444 e. The Morgan fingerprint density at radius 2 is 1.83 bits per heavy atom. The summed E-state index contributed by atoms with van der Waals surface area (Å²) >= 11 is 0. The number of alkyl carbamates (subject to hydrolysis) is 1. The van der Waals surface area contributed by atoms with Crippen LogP contribution in [0.25, 0.3) is 0 Å². The molecule has 0 bridgehead atoms. The fraction of sp³-hybridized carbons (Fsp3) is 0.722. The maximum Gasteiger partial charge on any atom is 0.408 e. The standard InChI is InChI=1S/C18H30N4O6S/c1-12-15(14(3)28-20-12)29(25,26)22-9-7-8-21(10-11-22)16(23)13(2)19-17(24)27-18(4,5)6/h13H,7-11H2,1-6H3,(H,19,24)/t13-/m1/s1. The Bertz CT molecular complexity index is 839. The fourth-order valence-electron chi connectivity index (χ4n) is 3.15. The highest BCUT2D eigenvalue weighted by Crippen LogP contribution is 2.24. The molecule has 0 saturated carbocycles. The van der Waals surface area contributed by atoms with Crippen LogP contribution in [0, 0.1) is 13.8 Å². The summed E-state index contributed by atoms with van der Waals surface area (Å²) in [6.45, 7) is 11.0. The zero-order valence-electron chi connectivity index (χ0n) is 17.8. The number of aryl methyl sites for hydroxylation is 2. The van der Waals surface area contributed by atoms with Crippen LogP contribution in [-0.4, -0.2) is 72.6 Å². The normalized spacial score (nSPS) is 17.5. The molecule has 1 aromatic heterocycles. The molecule has 29 heavy (non-hydrogen) atoms. The number of amides is 2. The number of carbonyl (C=O) groups is 2. The van der Waals surface area contributed by atoms with Gasteiger partial charge in [0.05, 0.1) is 0 Å². The lowest BCUT2D eigenvalue weighted by Gasteiger charge is -2.26. The number of hydrogen-bond acceptors (Lipinski definition) is 7. The van der Waals surface area contributed by atoms with Crippen molar-refractivity contribution >= 4 is 22.0 Å². The predicted octanol–water partition coefficient (Wildman–Crippen LogP) is 1.43. The maximum atomic E-state index is 13.0. The van der Waals surface area contributed by atoms with Crippen molar-refractivity contribution in [2.45, 2.75) is 64.5 Å². The minimum absolute atomic E-state index is 0.0808. The van der Waals surface area contributed by atoms with E-state index in [9.17, 15) is 18.0 Å². The van der Waals surface area contributed by atoms with E-state index in [1.54, 1.807) is 46.4 Å². The average Bonchev–Trinajstić information content (AvgIpc) is 2.79. The molecule has 0 aromatic carbocycles. The molecule has 0 aliphatic carbocycles. The van der Waals surface area contributed by atoms with Crippen molar-refractivity contribution in [3.05, 3.63) is 11.5 Å². The highest BCUT2D eigenvalue weighted by atomic mass is 32.2. The van der Waals surface area contributed by atoms with Crippen LogP contribution in [0.3, 0.4) is 0 Å². The van der Waals surface area contributed by atoms with Crippen molar-refractivity contribution in [3.63, 3.8) is 0 Å². The molecule has 0 spiro atoms. The van der Waals surface area contributed by atoms with Crippen LogP contribution >= 0.6 is 0 Å². The lowest BCUT2D eigenvalue weighted by molar-refractivity contribution is -0.132. The third-order valence-electron chi connectivity index (χ3n) is 4.44. The van der Waals surface area contributed by atoms with E-state index >= 15 is 0 Å². The van der Waals surface area contributed by atoms with Gasteiger partial charge in [-0.3, -0.25) is 4.79 Å². The molecule has 2 heterocycles. The van der Waals surface area contributed by atoms with Crippen LogP contribution in [0.15, 0.2) is 9.42 Å². The number of rotatable bonds is 4. The Balaban J connectivity index is 2.02. The van der Waals surface area contributed by atoms with Crippen LogP contribution in [0.5, 0.6) is 0 Å². The van der Waals surface area contributed by atoms with E-state index in [-0.39, 0.29) is 36.2 Å². The van der Waals surface area contributed by atoms with Crippen molar-refractivity contribution in [1.82, 2.24) is 19.7 Å². The number of hydrogen-bond donors (Lipinski definition) is 1. The molecule has 164 valence electrons. The third-order valence-corrected chi connectivity index (χ3v) is 6.58. The summed E-state index contributed by atoms with van der Waals surface area (Å²) in [7, 11) is -3.76. The predicted molar refractivity (Wildman–Crippen MR) is 105 cm³/mol. The number of aromatic nitrogens is 1. The van der Waals surface area contributed by atoms with Crippen molar-refractivity contribution in [1.29, 1.82) is 0 Å². The van der Waals surface area contributed by atoms with Crippen molar-refractivity contribution in [2.75, 3.05) is 26.2 Å². The lowest BCUT2D eigenvalue weighted by Crippen LogP contribution is -2.49. The summed E-state index contributed by atoms with van der Waals surface area (Å²) in [4.78, 5) is 26.2. The summed E-state index contributed by atoms with van der Waals surface area (Å²) in [5, 5.41) is 6.25. The van der Waals surface area contributed by atoms with Gasteiger partial charge in [0.25, 0.3) is 0 Å². The molecule has 10 nitrogen and oxygen atoms in total. The largest absolute Gasteiger partial charge is 0.444 e. The SMILES string of the molecule is Cc1noc(C)c1S(=O)(=O)N1CCCN(C(=O)[C@@H](C)NC(=O)OC(C)(C)C)CC1. The monoisotopic (exact) mass is 430 g/mol. The summed E-state index contributed by atoms with van der Waals surface area (Å²) in [5.41, 5.74) is -0.349. The number of ether oxygens (including phenoxy) is 1. The van der Waals surface area contributed by atoms with Gasteiger partial charge in [0, 0.05) is 26.2 Å². The second-order valence-electron chi connectivity index (χ2n) is 8.10. The Labute approximate surface area is 171 Å². The maximum absolute atomic E-state index is 13.0. The third kappa shape index (κ3) is 5.69.